The minimum Gasteiger partial charge on any atom is -0.447 e. The number of hydrogen-bond acceptors (Lipinski definition) is 3. The number of nitrogens with one attached hydrogen (secondary N) is 1. The molecule has 1 rings (SSSR count). The number of oxazole rings is 1. The van der Waals surface area contributed by atoms with E-state index in [4.69, 9.17) is 4.42 Å². The van der Waals surface area contributed by atoms with Gasteiger partial charge in [-0.3, -0.25) is 0 Å². The molecule has 0 saturated carbocycles. The monoisotopic (exact) mass is 152 g/mol. The van der Waals surface area contributed by atoms with Gasteiger partial charge in [-0.1, -0.05) is 12.2 Å². The first-order valence-corrected chi connectivity index (χ1v) is 3.51. The highest BCUT2D eigenvalue weighted by molar-refractivity contribution is 4.93. The lowest BCUT2D eigenvalue weighted by atomic mass is 10.3. The zero-order valence-electron chi connectivity index (χ0n) is 6.63. The van der Waals surface area contributed by atoms with Crippen LogP contribution >= 0.6 is 0 Å². The molecule has 0 aromatic carbocycles. The molecule has 0 amide bonds. The van der Waals surface area contributed by atoms with E-state index < -0.39 is 0 Å². The molecule has 0 spiro atoms. The highest BCUT2D eigenvalue weighted by atomic mass is 16.3. The van der Waals surface area contributed by atoms with Crippen molar-refractivity contribution in [2.45, 2.75) is 13.5 Å². The maximum atomic E-state index is 5.01. The highest BCUT2D eigenvalue weighted by Gasteiger charge is 1.93. The fourth-order valence-electron chi connectivity index (χ4n) is 0.729. The van der Waals surface area contributed by atoms with Crippen molar-refractivity contribution in [3.8, 4) is 0 Å². The molecule has 0 unspecified atom stereocenters. The van der Waals surface area contributed by atoms with E-state index in [1.165, 1.54) is 6.39 Å². The van der Waals surface area contributed by atoms with Gasteiger partial charge in [-0.15, -0.1) is 0 Å². The van der Waals surface area contributed by atoms with Crippen LogP contribution in [0.1, 0.15) is 12.7 Å². The predicted octanol–water partition coefficient (Wildman–Crippen LogP) is 1.34. The van der Waals surface area contributed by atoms with Crippen LogP contribution in [-0.2, 0) is 6.54 Å². The highest BCUT2D eigenvalue weighted by Crippen LogP contribution is 1.94. The molecular formula is C8H12N2O. The molecular weight excluding hydrogens is 140 g/mol. The Kier molecular flexibility index (Phi) is 2.86. The van der Waals surface area contributed by atoms with Crippen molar-refractivity contribution in [1.29, 1.82) is 0 Å². The lowest BCUT2D eigenvalue weighted by Gasteiger charge is -1.99. The third-order valence-corrected chi connectivity index (χ3v) is 1.21. The molecule has 1 aromatic rings. The minimum atomic E-state index is 0.715. The van der Waals surface area contributed by atoms with E-state index >= 15 is 0 Å². The summed E-state index contributed by atoms with van der Waals surface area (Å²) < 4.78 is 5.01. The summed E-state index contributed by atoms with van der Waals surface area (Å²) in [6, 6.07) is 0. The van der Waals surface area contributed by atoms with Crippen LogP contribution in [0.15, 0.2) is 29.2 Å². The third kappa shape index (κ3) is 3.00. The van der Waals surface area contributed by atoms with Gasteiger partial charge >= 0.3 is 0 Å². The maximum Gasteiger partial charge on any atom is 0.180 e. The van der Waals surface area contributed by atoms with Crippen molar-refractivity contribution in [3.05, 3.63) is 30.5 Å². The molecule has 0 bridgehead atoms. The number of rotatable bonds is 4. The van der Waals surface area contributed by atoms with Crippen LogP contribution in [0.5, 0.6) is 0 Å². The van der Waals surface area contributed by atoms with Gasteiger partial charge in [-0.25, -0.2) is 4.98 Å². The van der Waals surface area contributed by atoms with E-state index in [9.17, 15) is 0 Å². The summed E-state index contributed by atoms with van der Waals surface area (Å²) >= 11 is 0. The summed E-state index contributed by atoms with van der Waals surface area (Å²) in [5.41, 5.74) is 1.12. The molecule has 0 atom stereocenters. The van der Waals surface area contributed by atoms with Crippen LogP contribution in [0.25, 0.3) is 0 Å². The Morgan fingerprint density at radius 3 is 3.18 bits per heavy atom. The molecule has 0 radical (unpaired) electrons. The molecule has 1 aromatic heterocycles. The number of nitrogens with zero attached hydrogens (tertiary/aromatic N) is 1. The molecule has 1 N–H and O–H groups in total. The van der Waals surface area contributed by atoms with Gasteiger partial charge < -0.3 is 9.73 Å². The van der Waals surface area contributed by atoms with Crippen molar-refractivity contribution >= 4 is 0 Å². The van der Waals surface area contributed by atoms with Crippen molar-refractivity contribution in [2.75, 3.05) is 6.54 Å². The predicted molar refractivity (Wildman–Crippen MR) is 43.0 cm³/mol. The van der Waals surface area contributed by atoms with Crippen LogP contribution in [0, 0.1) is 0 Å². The van der Waals surface area contributed by atoms with Gasteiger partial charge in [0.05, 0.1) is 12.7 Å². The molecule has 11 heavy (non-hydrogen) atoms. The summed E-state index contributed by atoms with van der Waals surface area (Å²) in [5.74, 6) is 0.853. The van der Waals surface area contributed by atoms with Crippen LogP contribution in [0.4, 0.5) is 0 Å². The topological polar surface area (TPSA) is 38.1 Å². The second-order valence-electron chi connectivity index (χ2n) is 2.53. The normalized spacial score (nSPS) is 9.91. The van der Waals surface area contributed by atoms with E-state index in [2.05, 4.69) is 16.9 Å². The van der Waals surface area contributed by atoms with Gasteiger partial charge in [0.1, 0.15) is 5.76 Å². The molecule has 3 nitrogen and oxygen atoms in total. The van der Waals surface area contributed by atoms with Crippen molar-refractivity contribution in [2.24, 2.45) is 0 Å². The summed E-state index contributed by atoms with van der Waals surface area (Å²) in [7, 11) is 0. The Bertz CT molecular complexity index is 216. The van der Waals surface area contributed by atoms with Crippen LogP contribution < -0.4 is 5.32 Å². The lowest BCUT2D eigenvalue weighted by Crippen LogP contribution is -2.14. The number of hydrogen-bond donors (Lipinski definition) is 1. The van der Waals surface area contributed by atoms with Gasteiger partial charge in [0.2, 0.25) is 0 Å². The first-order valence-electron chi connectivity index (χ1n) is 3.51. The Hall–Kier alpha value is -1.09. The lowest BCUT2D eigenvalue weighted by molar-refractivity contribution is 0.485. The summed E-state index contributed by atoms with van der Waals surface area (Å²) in [6.07, 6.45) is 3.13. The summed E-state index contributed by atoms with van der Waals surface area (Å²) in [4.78, 5) is 3.79. The third-order valence-electron chi connectivity index (χ3n) is 1.21. The molecule has 3 heteroatoms. The van der Waals surface area contributed by atoms with Crippen molar-refractivity contribution in [1.82, 2.24) is 10.3 Å². The molecule has 0 saturated heterocycles. The first-order chi connectivity index (χ1) is 5.29. The SMILES string of the molecule is C=C(C)CNCc1cnco1. The molecule has 60 valence electrons. The van der Waals surface area contributed by atoms with E-state index in [1.807, 2.05) is 6.92 Å². The Balaban J connectivity index is 2.19. The van der Waals surface area contributed by atoms with Crippen LogP contribution in [-0.4, -0.2) is 11.5 Å². The smallest absolute Gasteiger partial charge is 0.180 e. The van der Waals surface area contributed by atoms with Gasteiger partial charge in [0.25, 0.3) is 0 Å². The van der Waals surface area contributed by atoms with Crippen molar-refractivity contribution < 1.29 is 4.42 Å². The standard InChI is InChI=1S/C8H12N2O/c1-7(2)3-9-4-8-5-10-6-11-8/h5-6,9H,1,3-4H2,2H3. The van der Waals surface area contributed by atoms with Crippen LogP contribution in [0.3, 0.4) is 0 Å². The second-order valence-corrected chi connectivity index (χ2v) is 2.53. The van der Waals surface area contributed by atoms with E-state index in [1.54, 1.807) is 6.20 Å². The largest absolute Gasteiger partial charge is 0.447 e. The molecule has 1 heterocycles. The average molecular weight is 152 g/mol. The summed E-state index contributed by atoms with van der Waals surface area (Å²) in [6.45, 7) is 7.28. The Morgan fingerprint density at radius 1 is 1.82 bits per heavy atom. The quantitative estimate of drug-likeness (QED) is 0.661. The summed E-state index contributed by atoms with van der Waals surface area (Å²) in [5, 5.41) is 3.15. The van der Waals surface area contributed by atoms with Crippen molar-refractivity contribution in [3.63, 3.8) is 0 Å². The zero-order chi connectivity index (χ0) is 8.10. The Labute approximate surface area is 66.1 Å². The minimum absolute atomic E-state index is 0.715. The van der Waals surface area contributed by atoms with E-state index in [0.717, 1.165) is 17.9 Å². The maximum absolute atomic E-state index is 5.01. The van der Waals surface area contributed by atoms with Gasteiger partial charge in [-0.05, 0) is 6.92 Å². The number of aromatic nitrogens is 1. The van der Waals surface area contributed by atoms with Crippen LogP contribution in [0.2, 0.25) is 0 Å². The van der Waals surface area contributed by atoms with Gasteiger partial charge in [0, 0.05) is 6.54 Å². The van der Waals surface area contributed by atoms with E-state index in [-0.39, 0.29) is 0 Å². The average Bonchev–Trinajstić information content (AvgIpc) is 2.39. The fourth-order valence-corrected chi connectivity index (χ4v) is 0.729. The zero-order valence-corrected chi connectivity index (χ0v) is 6.63. The van der Waals surface area contributed by atoms with Gasteiger partial charge in [-0.2, -0.15) is 0 Å². The fraction of sp³-hybridized carbons (Fsp3) is 0.375. The molecule has 0 aliphatic rings. The molecule has 0 fully saturated rings. The molecule has 0 aliphatic heterocycles. The Morgan fingerprint density at radius 2 is 2.64 bits per heavy atom. The first kappa shape index (κ1) is 8.01. The molecule has 0 aliphatic carbocycles. The van der Waals surface area contributed by atoms with Gasteiger partial charge in [0.15, 0.2) is 6.39 Å². The van der Waals surface area contributed by atoms with E-state index in [0.29, 0.717) is 6.54 Å². The second kappa shape index (κ2) is 3.93.